The van der Waals surface area contributed by atoms with Gasteiger partial charge in [0.05, 0.1) is 34.3 Å². The van der Waals surface area contributed by atoms with E-state index in [1.165, 1.54) is 24.3 Å². The zero-order valence-electron chi connectivity index (χ0n) is 24.2. The number of aromatic hydroxyl groups is 1. The van der Waals surface area contributed by atoms with E-state index in [0.29, 0.717) is 12.2 Å². The van der Waals surface area contributed by atoms with Gasteiger partial charge >= 0.3 is 0 Å². The van der Waals surface area contributed by atoms with E-state index in [1.54, 1.807) is 30.4 Å². The van der Waals surface area contributed by atoms with Crippen LogP contribution in [0, 0.1) is 0 Å². The van der Waals surface area contributed by atoms with Gasteiger partial charge in [-0.2, -0.15) is 0 Å². The second kappa shape index (κ2) is 11.6. The fraction of sp³-hybridized carbons (Fsp3) is 0.323. The molecule has 1 fully saturated rings. The minimum Gasteiger partial charge on any atom is -0.508 e. The van der Waals surface area contributed by atoms with Gasteiger partial charge in [0.15, 0.2) is 0 Å². The second-order valence-electron chi connectivity index (χ2n) is 11.2. The lowest BCUT2D eigenvalue weighted by molar-refractivity contribution is -0.125. The van der Waals surface area contributed by atoms with Crippen LogP contribution in [-0.4, -0.2) is 68.6 Å². The van der Waals surface area contributed by atoms with Gasteiger partial charge in [-0.15, -0.1) is 12.4 Å². The highest BCUT2D eigenvalue weighted by Crippen LogP contribution is 2.55. The number of carbonyl (C=O) groups is 1. The Morgan fingerprint density at radius 3 is 2.47 bits per heavy atom. The second-order valence-corrected chi connectivity index (χ2v) is 12.9. The number of hydrogen-bond acceptors (Lipinski definition) is 8. The Labute approximate surface area is 257 Å². The molecule has 226 valence electrons. The lowest BCUT2D eigenvalue weighted by Crippen LogP contribution is -2.43. The molecule has 10 nitrogen and oxygen atoms in total. The smallest absolute Gasteiger partial charge is 0.262 e. The van der Waals surface area contributed by atoms with Gasteiger partial charge in [0.2, 0.25) is 11.8 Å². The van der Waals surface area contributed by atoms with Crippen molar-refractivity contribution in [1.29, 1.82) is 0 Å². The van der Waals surface area contributed by atoms with Crippen LogP contribution in [0.3, 0.4) is 0 Å². The molecule has 4 aromatic rings. The molecule has 1 saturated carbocycles. The number of rotatable bonds is 9. The van der Waals surface area contributed by atoms with Crippen molar-refractivity contribution in [3.63, 3.8) is 0 Å². The van der Waals surface area contributed by atoms with Gasteiger partial charge in [0, 0.05) is 36.3 Å². The Kier molecular flexibility index (Phi) is 8.26. The fourth-order valence-corrected chi connectivity index (χ4v) is 6.88. The summed E-state index contributed by atoms with van der Waals surface area (Å²) in [4.78, 5) is 26.1. The van der Waals surface area contributed by atoms with Crippen molar-refractivity contribution < 1.29 is 23.1 Å². The molecule has 2 aromatic heterocycles. The summed E-state index contributed by atoms with van der Waals surface area (Å²) in [6, 6.07) is 12.9. The number of nitrogens with zero attached hydrogens (tertiary/aromatic N) is 4. The maximum absolute atomic E-state index is 13.3. The van der Waals surface area contributed by atoms with Crippen molar-refractivity contribution >= 4 is 50.6 Å². The van der Waals surface area contributed by atoms with Crippen molar-refractivity contribution in [3.05, 3.63) is 66.5 Å². The number of phenolic OH excluding ortho intramolecular Hbond substituents is 1. The first-order valence-corrected chi connectivity index (χ1v) is 15.4. The van der Waals surface area contributed by atoms with Gasteiger partial charge in [-0.3, -0.25) is 14.5 Å². The summed E-state index contributed by atoms with van der Waals surface area (Å²) in [6.07, 6.45) is 6.82. The highest BCUT2D eigenvalue weighted by molar-refractivity contribution is 7.92. The van der Waals surface area contributed by atoms with Crippen molar-refractivity contribution in [1.82, 2.24) is 14.9 Å². The van der Waals surface area contributed by atoms with Gasteiger partial charge in [-0.1, -0.05) is 12.5 Å². The van der Waals surface area contributed by atoms with Gasteiger partial charge in [0.25, 0.3) is 10.0 Å². The Morgan fingerprint density at radius 2 is 1.79 bits per heavy atom. The number of benzene rings is 2. The van der Waals surface area contributed by atoms with E-state index in [0.717, 1.165) is 59.9 Å². The van der Waals surface area contributed by atoms with Gasteiger partial charge in [0.1, 0.15) is 11.4 Å². The number of ether oxygens (including phenoxy) is 1. The van der Waals surface area contributed by atoms with Crippen molar-refractivity contribution in [2.45, 2.75) is 36.0 Å². The largest absolute Gasteiger partial charge is 0.508 e. The summed E-state index contributed by atoms with van der Waals surface area (Å²) in [7, 11) is 1.74. The summed E-state index contributed by atoms with van der Waals surface area (Å²) < 4.78 is 35.1. The number of carbonyl (C=O) groups excluding carboxylic acids is 1. The number of fused-ring (bicyclic) bond motifs is 4. The molecule has 12 heteroatoms. The maximum atomic E-state index is 13.3. The Hall–Kier alpha value is -3.93. The molecule has 1 aliphatic carbocycles. The molecule has 0 unspecified atom stereocenters. The molecule has 1 spiro atoms. The van der Waals surface area contributed by atoms with Crippen LogP contribution < -0.4 is 14.4 Å². The number of nitrogens with one attached hydrogen (secondary N) is 1. The molecule has 3 heterocycles. The van der Waals surface area contributed by atoms with E-state index in [2.05, 4.69) is 14.7 Å². The topological polar surface area (TPSA) is 125 Å². The van der Waals surface area contributed by atoms with Crippen molar-refractivity contribution in [3.8, 4) is 22.8 Å². The van der Waals surface area contributed by atoms with Crippen LogP contribution in [0.15, 0.2) is 65.8 Å². The number of likely N-dealkylation sites (N-methyl/N-ethyl adjacent to an activating group) is 1. The Balaban J connectivity index is 0.00000368. The zero-order chi connectivity index (χ0) is 29.6. The minimum atomic E-state index is -4.00. The van der Waals surface area contributed by atoms with Crippen LogP contribution in [0.1, 0.15) is 31.2 Å². The molecule has 0 bridgehead atoms. The first-order chi connectivity index (χ1) is 20.1. The molecule has 43 heavy (non-hydrogen) atoms. The average molecular weight is 624 g/mol. The summed E-state index contributed by atoms with van der Waals surface area (Å²) in [5.74, 6) is 0.257. The Morgan fingerprint density at radius 1 is 1.05 bits per heavy atom. The van der Waals surface area contributed by atoms with Crippen LogP contribution in [-0.2, 0) is 20.2 Å². The third-order valence-electron chi connectivity index (χ3n) is 8.17. The SMILES string of the molecule is CN(C)CCCOc1ncc(-c2ccc3ncc4c(c3c2)C2(CCC2)C(=O)N4C)cc1NS(=O)(=O)c1ccc(O)cc1.Cl. The number of phenols is 1. The lowest BCUT2D eigenvalue weighted by atomic mass is 9.64. The van der Waals surface area contributed by atoms with E-state index in [1.807, 2.05) is 37.2 Å². The fourth-order valence-electron chi connectivity index (χ4n) is 5.83. The van der Waals surface area contributed by atoms with Gasteiger partial charge < -0.3 is 19.6 Å². The van der Waals surface area contributed by atoms with Crippen molar-refractivity contribution in [2.75, 3.05) is 43.9 Å². The molecule has 2 aliphatic rings. The van der Waals surface area contributed by atoms with Crippen LogP contribution in [0.2, 0.25) is 0 Å². The summed E-state index contributed by atoms with van der Waals surface area (Å²) in [5, 5.41) is 10.5. The number of anilines is 2. The lowest BCUT2D eigenvalue weighted by Gasteiger charge is -2.37. The van der Waals surface area contributed by atoms with E-state index >= 15 is 0 Å². The number of aromatic nitrogens is 2. The molecular weight excluding hydrogens is 590 g/mol. The molecule has 0 radical (unpaired) electrons. The highest BCUT2D eigenvalue weighted by Gasteiger charge is 2.54. The summed E-state index contributed by atoms with van der Waals surface area (Å²) >= 11 is 0. The van der Waals surface area contributed by atoms with E-state index in [4.69, 9.17) is 4.74 Å². The third kappa shape index (κ3) is 5.48. The van der Waals surface area contributed by atoms with Crippen molar-refractivity contribution in [2.24, 2.45) is 0 Å². The van der Waals surface area contributed by atoms with Gasteiger partial charge in [-0.25, -0.2) is 13.4 Å². The monoisotopic (exact) mass is 623 g/mol. The van der Waals surface area contributed by atoms with Gasteiger partial charge in [-0.05, 0) is 81.4 Å². The number of sulfonamides is 1. The summed E-state index contributed by atoms with van der Waals surface area (Å²) in [6.45, 7) is 1.16. The zero-order valence-corrected chi connectivity index (χ0v) is 25.8. The average Bonchev–Trinajstić information content (AvgIpc) is 3.18. The number of amides is 1. The van der Waals surface area contributed by atoms with Crippen LogP contribution in [0.5, 0.6) is 11.6 Å². The van der Waals surface area contributed by atoms with Crippen LogP contribution in [0.4, 0.5) is 11.4 Å². The van der Waals surface area contributed by atoms with E-state index in [-0.39, 0.29) is 40.5 Å². The molecule has 2 N–H and O–H groups in total. The molecule has 2 aromatic carbocycles. The molecule has 6 rings (SSSR count). The van der Waals surface area contributed by atoms with E-state index < -0.39 is 15.4 Å². The normalized spacial score (nSPS) is 15.3. The van der Waals surface area contributed by atoms with Crippen LogP contribution in [0.25, 0.3) is 22.0 Å². The number of hydrogen-bond donors (Lipinski definition) is 2. The minimum absolute atomic E-state index is 0. The maximum Gasteiger partial charge on any atom is 0.262 e. The number of halogens is 1. The number of pyridine rings is 2. The molecular formula is C31H34ClN5O5S. The predicted molar refractivity (Wildman–Crippen MR) is 169 cm³/mol. The highest BCUT2D eigenvalue weighted by atomic mass is 35.5. The first-order valence-electron chi connectivity index (χ1n) is 13.9. The quantitative estimate of drug-likeness (QED) is 0.251. The standard InChI is InChI=1S/C31H33N5O5S.ClH/c1-35(2)14-5-15-41-29-26(34-42(39,40)23-9-7-22(37)8-10-23)17-21(18-33-29)20-6-11-25-24(16-20)28-27(19-32-25)36(3)30(38)31(28)12-4-13-31;/h6-11,16-19,34,37H,4-5,12-15H2,1-3H3;1H. The summed E-state index contributed by atoms with van der Waals surface area (Å²) in [5.41, 5.74) is 3.85. The molecule has 0 atom stereocenters. The third-order valence-corrected chi connectivity index (χ3v) is 9.55. The Bertz CT molecular complexity index is 1790. The van der Waals surface area contributed by atoms with Crippen LogP contribution >= 0.6 is 12.4 Å². The molecule has 1 amide bonds. The van der Waals surface area contributed by atoms with E-state index in [9.17, 15) is 18.3 Å². The molecule has 0 saturated heterocycles. The predicted octanol–water partition coefficient (Wildman–Crippen LogP) is 4.95. The first kappa shape index (κ1) is 30.5. The molecule has 1 aliphatic heterocycles.